The van der Waals surface area contributed by atoms with Crippen molar-refractivity contribution in [3.63, 3.8) is 0 Å². The molecule has 0 aromatic heterocycles. The second-order valence-electron chi connectivity index (χ2n) is 6.34. The zero-order valence-corrected chi connectivity index (χ0v) is 7.92. The molecular formula is C12H18. The maximum Gasteiger partial charge on any atom is -0.0289 e. The van der Waals surface area contributed by atoms with Gasteiger partial charge in [-0.05, 0) is 67.1 Å². The third-order valence-electron chi connectivity index (χ3n) is 5.76. The normalized spacial score (nSPS) is 71.2. The van der Waals surface area contributed by atoms with Crippen LogP contribution in [0.2, 0.25) is 0 Å². The second kappa shape index (κ2) is 1.63. The third kappa shape index (κ3) is 0.506. The molecule has 0 heteroatoms. The van der Waals surface area contributed by atoms with Crippen LogP contribution in [-0.2, 0) is 0 Å². The molecule has 0 saturated heterocycles. The van der Waals surface area contributed by atoms with Gasteiger partial charge >= 0.3 is 0 Å². The van der Waals surface area contributed by atoms with E-state index in [1.54, 1.807) is 32.1 Å². The summed E-state index contributed by atoms with van der Waals surface area (Å²) in [6.07, 6.45) is 8.04. The SMILES string of the molecule is CC12CC(CC3CC4CC1C34)C2. The molecule has 5 aliphatic carbocycles. The molecule has 0 nitrogen and oxygen atoms in total. The van der Waals surface area contributed by atoms with Crippen molar-refractivity contribution in [3.8, 4) is 0 Å². The van der Waals surface area contributed by atoms with E-state index in [0.29, 0.717) is 0 Å². The Morgan fingerprint density at radius 2 is 1.75 bits per heavy atom. The highest BCUT2D eigenvalue weighted by Crippen LogP contribution is 2.73. The monoisotopic (exact) mass is 162 g/mol. The van der Waals surface area contributed by atoms with Crippen molar-refractivity contribution < 1.29 is 0 Å². The summed E-state index contributed by atoms with van der Waals surface area (Å²) < 4.78 is 0. The molecule has 5 rings (SSSR count). The Labute approximate surface area is 74.7 Å². The van der Waals surface area contributed by atoms with Crippen molar-refractivity contribution in [1.29, 1.82) is 0 Å². The molecule has 12 heavy (non-hydrogen) atoms. The molecule has 2 bridgehead atoms. The van der Waals surface area contributed by atoms with Gasteiger partial charge in [0.05, 0.1) is 0 Å². The lowest BCUT2D eigenvalue weighted by Crippen LogP contribution is -2.55. The lowest BCUT2D eigenvalue weighted by molar-refractivity contribution is -0.137. The Morgan fingerprint density at radius 3 is 2.50 bits per heavy atom. The van der Waals surface area contributed by atoms with Gasteiger partial charge < -0.3 is 0 Å². The summed E-state index contributed by atoms with van der Waals surface area (Å²) in [5.41, 5.74) is 0.834. The summed E-state index contributed by atoms with van der Waals surface area (Å²) in [6.45, 7) is 2.57. The number of hydrogen-bond donors (Lipinski definition) is 0. The standard InChI is InChI=1S/C12H18/c1-12-5-7(6-12)2-8-3-9-4-10(12)11(8)9/h7-11H,2-6H2,1H3. The molecule has 5 aliphatic rings. The van der Waals surface area contributed by atoms with Gasteiger partial charge in [0.2, 0.25) is 0 Å². The van der Waals surface area contributed by atoms with Gasteiger partial charge in [-0.25, -0.2) is 0 Å². The van der Waals surface area contributed by atoms with Gasteiger partial charge in [0.1, 0.15) is 0 Å². The Hall–Kier alpha value is 0. The molecule has 66 valence electrons. The molecule has 0 heterocycles. The number of hydrogen-bond acceptors (Lipinski definition) is 0. The van der Waals surface area contributed by atoms with Gasteiger partial charge in [0, 0.05) is 0 Å². The minimum Gasteiger partial charge on any atom is -0.0593 e. The van der Waals surface area contributed by atoms with Crippen LogP contribution < -0.4 is 0 Å². The van der Waals surface area contributed by atoms with E-state index in [1.165, 1.54) is 23.7 Å². The summed E-state index contributed by atoms with van der Waals surface area (Å²) in [5.74, 6) is 5.97. The topological polar surface area (TPSA) is 0 Å². The Bertz CT molecular complexity index is 234. The maximum atomic E-state index is 2.57. The third-order valence-corrected chi connectivity index (χ3v) is 5.76. The molecule has 4 atom stereocenters. The predicted octanol–water partition coefficient (Wildman–Crippen LogP) is 3.08. The smallest absolute Gasteiger partial charge is 0.0289 e. The van der Waals surface area contributed by atoms with E-state index in [1.807, 2.05) is 0 Å². The molecule has 0 aromatic rings. The Kier molecular flexibility index (Phi) is 0.875. The summed E-state index contributed by atoms with van der Waals surface area (Å²) in [6, 6.07) is 0. The van der Waals surface area contributed by atoms with E-state index in [2.05, 4.69) is 6.92 Å². The van der Waals surface area contributed by atoms with Crippen molar-refractivity contribution in [1.82, 2.24) is 0 Å². The summed E-state index contributed by atoms with van der Waals surface area (Å²) >= 11 is 0. The van der Waals surface area contributed by atoms with Gasteiger partial charge in [-0.15, -0.1) is 0 Å². The first-order valence-corrected chi connectivity index (χ1v) is 5.76. The van der Waals surface area contributed by atoms with E-state index in [9.17, 15) is 0 Å². The van der Waals surface area contributed by atoms with Crippen molar-refractivity contribution in [3.05, 3.63) is 0 Å². The van der Waals surface area contributed by atoms with Crippen LogP contribution in [-0.4, -0.2) is 0 Å². The first-order valence-electron chi connectivity index (χ1n) is 5.76. The predicted molar refractivity (Wildman–Crippen MR) is 48.6 cm³/mol. The van der Waals surface area contributed by atoms with Gasteiger partial charge in [-0.1, -0.05) is 6.92 Å². The molecule has 0 aromatic carbocycles. The van der Waals surface area contributed by atoms with Crippen LogP contribution >= 0.6 is 0 Å². The van der Waals surface area contributed by atoms with Crippen LogP contribution in [0.5, 0.6) is 0 Å². The van der Waals surface area contributed by atoms with Gasteiger partial charge in [0.25, 0.3) is 0 Å². The quantitative estimate of drug-likeness (QED) is 0.513. The highest BCUT2D eigenvalue weighted by Gasteiger charge is 2.64. The van der Waals surface area contributed by atoms with E-state index in [0.717, 1.165) is 11.3 Å². The first-order chi connectivity index (χ1) is 5.76. The highest BCUT2D eigenvalue weighted by molar-refractivity contribution is 5.14. The molecule has 5 saturated carbocycles. The highest BCUT2D eigenvalue weighted by atomic mass is 14.7. The second-order valence-corrected chi connectivity index (χ2v) is 6.34. The zero-order valence-electron chi connectivity index (χ0n) is 7.92. The van der Waals surface area contributed by atoms with Gasteiger partial charge in [-0.2, -0.15) is 0 Å². The van der Waals surface area contributed by atoms with Crippen molar-refractivity contribution >= 4 is 0 Å². The average molecular weight is 162 g/mol. The van der Waals surface area contributed by atoms with Crippen LogP contribution in [0.25, 0.3) is 0 Å². The zero-order chi connectivity index (χ0) is 7.92. The van der Waals surface area contributed by atoms with Crippen LogP contribution in [0, 0.1) is 35.0 Å². The molecular weight excluding hydrogens is 144 g/mol. The van der Waals surface area contributed by atoms with Gasteiger partial charge in [-0.3, -0.25) is 0 Å². The van der Waals surface area contributed by atoms with Crippen molar-refractivity contribution in [2.75, 3.05) is 0 Å². The van der Waals surface area contributed by atoms with Crippen LogP contribution in [0.15, 0.2) is 0 Å². The first kappa shape index (κ1) is 6.45. The average Bonchev–Trinajstić information content (AvgIpc) is 2.06. The fourth-order valence-corrected chi connectivity index (χ4v) is 5.25. The largest absolute Gasteiger partial charge is 0.0593 e. The Balaban J connectivity index is 1.74. The molecule has 0 radical (unpaired) electrons. The molecule has 0 aliphatic heterocycles. The fraction of sp³-hybridized carbons (Fsp3) is 1.00. The molecule has 0 spiro atoms. The van der Waals surface area contributed by atoms with Gasteiger partial charge in [0.15, 0.2) is 0 Å². The minimum atomic E-state index is 0.834. The molecule has 4 unspecified atom stereocenters. The van der Waals surface area contributed by atoms with Crippen molar-refractivity contribution in [2.45, 2.75) is 39.0 Å². The molecule has 0 amide bonds. The lowest BCUT2D eigenvalue weighted by Gasteiger charge is -2.62. The van der Waals surface area contributed by atoms with Crippen molar-refractivity contribution in [2.24, 2.45) is 35.0 Å². The molecule has 5 fully saturated rings. The maximum absolute atomic E-state index is 2.57. The van der Waals surface area contributed by atoms with Crippen LogP contribution in [0.4, 0.5) is 0 Å². The van der Waals surface area contributed by atoms with E-state index in [4.69, 9.17) is 0 Å². The van der Waals surface area contributed by atoms with Crippen LogP contribution in [0.3, 0.4) is 0 Å². The minimum absolute atomic E-state index is 0.834. The lowest BCUT2D eigenvalue weighted by atomic mass is 9.42. The molecule has 0 N–H and O–H groups in total. The van der Waals surface area contributed by atoms with E-state index in [-0.39, 0.29) is 0 Å². The van der Waals surface area contributed by atoms with E-state index < -0.39 is 0 Å². The fourth-order valence-electron chi connectivity index (χ4n) is 5.25. The Morgan fingerprint density at radius 1 is 1.00 bits per heavy atom. The van der Waals surface area contributed by atoms with E-state index >= 15 is 0 Å². The van der Waals surface area contributed by atoms with Crippen LogP contribution in [0.1, 0.15) is 39.0 Å². The summed E-state index contributed by atoms with van der Waals surface area (Å²) in [4.78, 5) is 0. The number of rotatable bonds is 0. The summed E-state index contributed by atoms with van der Waals surface area (Å²) in [7, 11) is 0. The summed E-state index contributed by atoms with van der Waals surface area (Å²) in [5, 5.41) is 0.